The Hall–Kier alpha value is -2.84. The molecule has 5 nitrogen and oxygen atoms in total. The van der Waals surface area contributed by atoms with Gasteiger partial charge in [0.05, 0.1) is 23.4 Å². The number of anilines is 2. The van der Waals surface area contributed by atoms with E-state index in [-0.39, 0.29) is 6.61 Å². The summed E-state index contributed by atoms with van der Waals surface area (Å²) in [4.78, 5) is 4.28. The van der Waals surface area contributed by atoms with E-state index in [9.17, 15) is 5.11 Å². The summed E-state index contributed by atoms with van der Waals surface area (Å²) in [5.74, 6) is 0.692. The molecule has 0 saturated carbocycles. The van der Waals surface area contributed by atoms with Gasteiger partial charge in [-0.1, -0.05) is 6.92 Å². The Morgan fingerprint density at radius 1 is 1.32 bits per heavy atom. The lowest BCUT2D eigenvalue weighted by molar-refractivity contribution is 0.282. The molecule has 0 radical (unpaired) electrons. The molecule has 0 aliphatic heterocycles. The predicted octanol–water partition coefficient (Wildman–Crippen LogP) is 3.00. The third-order valence-electron chi connectivity index (χ3n) is 3.63. The van der Waals surface area contributed by atoms with Gasteiger partial charge in [-0.15, -0.1) is 0 Å². The highest BCUT2D eigenvalue weighted by atomic mass is 16.3. The number of aliphatic hydroxyl groups excluding tert-OH is 1. The normalized spacial score (nSPS) is 10.6. The number of aliphatic hydroxyl groups is 1. The fraction of sp³-hybridized carbons (Fsp3) is 0.176. The Labute approximate surface area is 128 Å². The summed E-state index contributed by atoms with van der Waals surface area (Å²) in [6, 6.07) is 9.53. The van der Waals surface area contributed by atoms with Crippen LogP contribution in [0.15, 0.2) is 42.9 Å². The Balaban J connectivity index is 2.04. The van der Waals surface area contributed by atoms with Crippen molar-refractivity contribution in [1.29, 1.82) is 5.26 Å². The lowest BCUT2D eigenvalue weighted by Crippen LogP contribution is -1.96. The number of rotatable bonds is 4. The van der Waals surface area contributed by atoms with Crippen molar-refractivity contribution >= 4 is 17.0 Å². The Morgan fingerprint density at radius 3 is 2.91 bits per heavy atom. The molecular weight excluding hydrogens is 276 g/mol. The Kier molecular flexibility index (Phi) is 3.77. The summed E-state index contributed by atoms with van der Waals surface area (Å²) in [7, 11) is 0. The number of fused-ring (bicyclic) bond motifs is 1. The minimum absolute atomic E-state index is 0.0128. The molecule has 0 atom stereocenters. The number of aromatic nitrogens is 2. The van der Waals surface area contributed by atoms with Gasteiger partial charge < -0.3 is 14.8 Å². The first kappa shape index (κ1) is 14.1. The summed E-state index contributed by atoms with van der Waals surface area (Å²) in [5.41, 5.74) is 4.63. The van der Waals surface area contributed by atoms with Crippen molar-refractivity contribution in [2.45, 2.75) is 20.0 Å². The molecule has 22 heavy (non-hydrogen) atoms. The number of pyridine rings is 2. The highest BCUT2D eigenvalue weighted by molar-refractivity contribution is 5.73. The molecule has 0 saturated heterocycles. The number of aryl methyl sites for hydroxylation is 1. The van der Waals surface area contributed by atoms with Crippen molar-refractivity contribution in [3.63, 3.8) is 0 Å². The zero-order chi connectivity index (χ0) is 15.5. The highest BCUT2D eigenvalue weighted by Gasteiger charge is 2.10. The first-order valence-electron chi connectivity index (χ1n) is 7.11. The molecule has 3 rings (SSSR count). The van der Waals surface area contributed by atoms with Crippen LogP contribution in [0.4, 0.5) is 11.5 Å². The van der Waals surface area contributed by atoms with Gasteiger partial charge in [0.1, 0.15) is 11.9 Å². The molecule has 0 spiro atoms. The topological polar surface area (TPSA) is 73.3 Å². The monoisotopic (exact) mass is 292 g/mol. The molecule has 3 aromatic heterocycles. The average Bonchev–Trinajstić information content (AvgIpc) is 2.90. The van der Waals surface area contributed by atoms with Gasteiger partial charge in [0.2, 0.25) is 0 Å². The molecule has 0 bridgehead atoms. The maximum atomic E-state index is 9.21. The summed E-state index contributed by atoms with van der Waals surface area (Å²) in [6.45, 7) is 2.08. The van der Waals surface area contributed by atoms with Crippen molar-refractivity contribution in [2.24, 2.45) is 0 Å². The van der Waals surface area contributed by atoms with E-state index < -0.39 is 0 Å². The smallest absolute Gasteiger partial charge is 0.130 e. The molecule has 3 aromatic rings. The zero-order valence-corrected chi connectivity index (χ0v) is 12.2. The van der Waals surface area contributed by atoms with Gasteiger partial charge in [0.15, 0.2) is 0 Å². The minimum Gasteiger partial charge on any atom is -0.392 e. The van der Waals surface area contributed by atoms with Crippen molar-refractivity contribution in [2.75, 3.05) is 5.32 Å². The molecule has 0 aromatic carbocycles. The number of hydrogen-bond donors (Lipinski definition) is 2. The molecular formula is C17H16N4O. The number of nitrogens with zero attached hydrogens (tertiary/aromatic N) is 3. The molecule has 0 fully saturated rings. The summed E-state index contributed by atoms with van der Waals surface area (Å²) < 4.78 is 1.95. The fourth-order valence-corrected chi connectivity index (χ4v) is 2.56. The van der Waals surface area contributed by atoms with Crippen molar-refractivity contribution in [1.82, 2.24) is 9.38 Å². The summed E-state index contributed by atoms with van der Waals surface area (Å²) in [5, 5.41) is 21.5. The lowest BCUT2D eigenvalue weighted by atomic mass is 10.1. The van der Waals surface area contributed by atoms with Crippen molar-refractivity contribution < 1.29 is 5.11 Å². The molecule has 0 amide bonds. The maximum Gasteiger partial charge on any atom is 0.130 e. The average molecular weight is 292 g/mol. The summed E-state index contributed by atoms with van der Waals surface area (Å²) >= 11 is 0. The van der Waals surface area contributed by atoms with E-state index in [0.717, 1.165) is 23.2 Å². The molecule has 0 aliphatic rings. The standard InChI is InChI=1S/C17H16N4O/c1-2-14-15(20-17-7-12(11-22)5-6-19-17)10-21-9-13(8-18)3-4-16(14)21/h3-7,9-10,22H,2,11H2,1H3,(H,19,20). The molecule has 110 valence electrons. The van der Waals surface area contributed by atoms with Crippen LogP contribution in [0.1, 0.15) is 23.6 Å². The van der Waals surface area contributed by atoms with E-state index in [1.54, 1.807) is 12.3 Å². The van der Waals surface area contributed by atoms with Gasteiger partial charge in [-0.3, -0.25) is 0 Å². The number of hydrogen-bond acceptors (Lipinski definition) is 4. The first-order chi connectivity index (χ1) is 10.7. The van der Waals surface area contributed by atoms with Crippen LogP contribution in [0.2, 0.25) is 0 Å². The lowest BCUT2D eigenvalue weighted by Gasteiger charge is -2.06. The van der Waals surface area contributed by atoms with Crippen LogP contribution >= 0.6 is 0 Å². The van der Waals surface area contributed by atoms with Gasteiger partial charge in [0.25, 0.3) is 0 Å². The van der Waals surface area contributed by atoms with E-state index in [0.29, 0.717) is 11.4 Å². The van der Waals surface area contributed by atoms with Gasteiger partial charge in [-0.05, 0) is 36.2 Å². The third-order valence-corrected chi connectivity index (χ3v) is 3.63. The largest absolute Gasteiger partial charge is 0.392 e. The van der Waals surface area contributed by atoms with Crippen molar-refractivity contribution in [3.8, 4) is 6.07 Å². The van der Waals surface area contributed by atoms with Gasteiger partial charge >= 0.3 is 0 Å². The Morgan fingerprint density at radius 2 is 2.18 bits per heavy atom. The minimum atomic E-state index is -0.0128. The second-order valence-corrected chi connectivity index (χ2v) is 5.03. The molecule has 5 heteroatoms. The number of nitrogens with one attached hydrogen (secondary N) is 1. The van der Waals surface area contributed by atoms with Crippen LogP contribution in [0, 0.1) is 11.3 Å². The number of nitriles is 1. The van der Waals surface area contributed by atoms with E-state index in [1.807, 2.05) is 35.0 Å². The predicted molar refractivity (Wildman–Crippen MR) is 84.9 cm³/mol. The fourth-order valence-electron chi connectivity index (χ4n) is 2.56. The second-order valence-electron chi connectivity index (χ2n) is 5.03. The SMILES string of the molecule is CCc1c(Nc2cc(CO)ccn2)cn2cc(C#N)ccc12. The molecule has 2 N–H and O–H groups in total. The van der Waals surface area contributed by atoms with E-state index >= 15 is 0 Å². The van der Waals surface area contributed by atoms with Gasteiger partial charge in [-0.25, -0.2) is 4.98 Å². The van der Waals surface area contributed by atoms with Crippen LogP contribution in [0.3, 0.4) is 0 Å². The van der Waals surface area contributed by atoms with Crippen LogP contribution in [0.5, 0.6) is 0 Å². The van der Waals surface area contributed by atoms with Crippen LogP contribution < -0.4 is 5.32 Å². The van der Waals surface area contributed by atoms with Crippen LogP contribution in [0.25, 0.3) is 5.52 Å². The third kappa shape index (κ3) is 2.52. The second kappa shape index (κ2) is 5.88. The van der Waals surface area contributed by atoms with Gasteiger partial charge in [-0.2, -0.15) is 5.26 Å². The van der Waals surface area contributed by atoms with Crippen molar-refractivity contribution in [3.05, 3.63) is 59.5 Å². The van der Waals surface area contributed by atoms with Crippen LogP contribution in [-0.4, -0.2) is 14.5 Å². The first-order valence-corrected chi connectivity index (χ1v) is 7.11. The molecule has 3 heterocycles. The zero-order valence-electron chi connectivity index (χ0n) is 12.2. The summed E-state index contributed by atoms with van der Waals surface area (Å²) in [6.07, 6.45) is 6.31. The molecule has 0 aliphatic carbocycles. The van der Waals surface area contributed by atoms with E-state index in [1.165, 1.54) is 5.56 Å². The van der Waals surface area contributed by atoms with E-state index in [4.69, 9.17) is 5.26 Å². The highest BCUT2D eigenvalue weighted by Crippen LogP contribution is 2.27. The van der Waals surface area contributed by atoms with Gasteiger partial charge in [0, 0.05) is 24.2 Å². The maximum absolute atomic E-state index is 9.21. The quantitative estimate of drug-likeness (QED) is 0.775. The Bertz CT molecular complexity index is 861. The van der Waals surface area contributed by atoms with Crippen LogP contribution in [-0.2, 0) is 13.0 Å². The van der Waals surface area contributed by atoms with E-state index in [2.05, 4.69) is 23.3 Å². The molecule has 0 unspecified atom stereocenters.